The number of aromatic nitrogens is 2. The molecular weight excluding hydrogens is 383 g/mol. The fraction of sp³-hybridized carbons (Fsp3) is 0.238. The van der Waals surface area contributed by atoms with Crippen LogP contribution in [0.2, 0.25) is 0 Å². The summed E-state index contributed by atoms with van der Waals surface area (Å²) in [7, 11) is 1.52. The van der Waals surface area contributed by atoms with Gasteiger partial charge in [0.15, 0.2) is 5.69 Å². The molecule has 1 N–H and O–H groups in total. The Morgan fingerprint density at radius 2 is 1.90 bits per heavy atom. The van der Waals surface area contributed by atoms with Crippen LogP contribution in [0, 0.1) is 6.92 Å². The van der Waals surface area contributed by atoms with Crippen LogP contribution in [0.15, 0.2) is 60.8 Å². The van der Waals surface area contributed by atoms with Gasteiger partial charge in [-0.05, 0) is 36.2 Å². The summed E-state index contributed by atoms with van der Waals surface area (Å²) in [5.41, 5.74) is 1.71. The molecule has 0 saturated carbocycles. The van der Waals surface area contributed by atoms with Gasteiger partial charge >= 0.3 is 6.18 Å². The zero-order valence-corrected chi connectivity index (χ0v) is 15.9. The zero-order valence-electron chi connectivity index (χ0n) is 15.9. The molecule has 0 spiro atoms. The SMILES string of the molecule is COc1ccc(C)cc1-n1ccc(C(=O)NC[C@@H](c2ccccc2)C(F)(F)F)n1. The summed E-state index contributed by atoms with van der Waals surface area (Å²) in [6.07, 6.45) is -2.92. The Balaban J connectivity index is 1.76. The van der Waals surface area contributed by atoms with E-state index >= 15 is 0 Å². The molecule has 0 aliphatic rings. The number of halogens is 3. The van der Waals surface area contributed by atoms with Crippen LogP contribution in [0.1, 0.15) is 27.5 Å². The number of nitrogens with zero attached hydrogens (tertiary/aromatic N) is 2. The lowest BCUT2D eigenvalue weighted by Crippen LogP contribution is -2.35. The number of nitrogens with one attached hydrogen (secondary N) is 1. The van der Waals surface area contributed by atoms with Crippen molar-refractivity contribution in [2.75, 3.05) is 13.7 Å². The molecule has 0 saturated heterocycles. The average molecular weight is 403 g/mol. The minimum atomic E-state index is -4.48. The van der Waals surface area contributed by atoms with Crippen molar-refractivity contribution in [1.82, 2.24) is 15.1 Å². The Hall–Kier alpha value is -3.29. The summed E-state index contributed by atoms with van der Waals surface area (Å²) in [5.74, 6) is -1.92. The second kappa shape index (κ2) is 8.38. The Labute approximate surface area is 166 Å². The van der Waals surface area contributed by atoms with E-state index in [2.05, 4.69) is 10.4 Å². The number of aryl methyl sites for hydroxylation is 1. The van der Waals surface area contributed by atoms with Gasteiger partial charge in [0.2, 0.25) is 0 Å². The lowest BCUT2D eigenvalue weighted by atomic mass is 9.98. The van der Waals surface area contributed by atoms with Crippen LogP contribution >= 0.6 is 0 Å². The molecule has 152 valence electrons. The van der Waals surface area contributed by atoms with E-state index in [-0.39, 0.29) is 11.3 Å². The van der Waals surface area contributed by atoms with E-state index in [9.17, 15) is 18.0 Å². The van der Waals surface area contributed by atoms with Gasteiger partial charge in [-0.2, -0.15) is 18.3 Å². The van der Waals surface area contributed by atoms with E-state index in [1.165, 1.54) is 42.1 Å². The standard InChI is InChI=1S/C21H20F3N3O2/c1-14-8-9-19(29-2)18(12-14)27-11-10-17(26-27)20(28)25-13-16(21(22,23)24)15-6-4-3-5-7-15/h3-12,16H,13H2,1-2H3,(H,25,28)/t16-/m0/s1. The van der Waals surface area contributed by atoms with Gasteiger partial charge in [-0.15, -0.1) is 0 Å². The minimum Gasteiger partial charge on any atom is -0.494 e. The minimum absolute atomic E-state index is 0.0162. The molecule has 1 amide bonds. The van der Waals surface area contributed by atoms with E-state index in [4.69, 9.17) is 4.74 Å². The Bertz CT molecular complexity index is 984. The summed E-state index contributed by atoms with van der Waals surface area (Å²) < 4.78 is 47.0. The number of carbonyl (C=O) groups is 1. The highest BCUT2D eigenvalue weighted by atomic mass is 19.4. The van der Waals surface area contributed by atoms with Gasteiger partial charge in [0.25, 0.3) is 5.91 Å². The maximum atomic E-state index is 13.4. The van der Waals surface area contributed by atoms with Crippen molar-refractivity contribution in [1.29, 1.82) is 0 Å². The molecule has 0 aliphatic carbocycles. The van der Waals surface area contributed by atoms with Crippen molar-refractivity contribution < 1.29 is 22.7 Å². The van der Waals surface area contributed by atoms with Gasteiger partial charge < -0.3 is 10.1 Å². The van der Waals surface area contributed by atoms with Crippen molar-refractivity contribution in [3.05, 3.63) is 77.6 Å². The van der Waals surface area contributed by atoms with Gasteiger partial charge in [0.1, 0.15) is 11.4 Å². The zero-order chi connectivity index (χ0) is 21.0. The summed E-state index contributed by atoms with van der Waals surface area (Å²) in [6.45, 7) is 1.33. The third-order valence-electron chi connectivity index (χ3n) is 4.47. The Kier molecular flexibility index (Phi) is 5.91. The molecule has 3 aromatic rings. The molecule has 0 bridgehead atoms. The molecule has 29 heavy (non-hydrogen) atoms. The van der Waals surface area contributed by atoms with Crippen LogP contribution in [0.25, 0.3) is 5.69 Å². The number of hydrogen-bond donors (Lipinski definition) is 1. The van der Waals surface area contributed by atoms with Gasteiger partial charge in [-0.3, -0.25) is 4.79 Å². The number of ether oxygens (including phenoxy) is 1. The summed E-state index contributed by atoms with van der Waals surface area (Å²) >= 11 is 0. The number of carbonyl (C=O) groups excluding carboxylic acids is 1. The maximum Gasteiger partial charge on any atom is 0.397 e. The second-order valence-corrected chi connectivity index (χ2v) is 6.54. The van der Waals surface area contributed by atoms with Crippen molar-refractivity contribution in [3.8, 4) is 11.4 Å². The lowest BCUT2D eigenvalue weighted by Gasteiger charge is -2.20. The molecule has 0 unspecified atom stereocenters. The summed E-state index contributed by atoms with van der Waals surface area (Å²) in [4.78, 5) is 12.4. The normalized spacial score (nSPS) is 12.4. The first-order chi connectivity index (χ1) is 13.8. The number of amides is 1. The van der Waals surface area contributed by atoms with Crippen LogP contribution < -0.4 is 10.1 Å². The Morgan fingerprint density at radius 1 is 1.17 bits per heavy atom. The molecule has 0 aliphatic heterocycles. The van der Waals surface area contributed by atoms with Crippen LogP contribution in [0.5, 0.6) is 5.75 Å². The third kappa shape index (κ3) is 4.77. The lowest BCUT2D eigenvalue weighted by molar-refractivity contribution is -0.149. The van der Waals surface area contributed by atoms with Crippen molar-refractivity contribution in [2.24, 2.45) is 0 Å². The molecule has 0 fully saturated rings. The molecule has 1 heterocycles. The van der Waals surface area contributed by atoms with E-state index < -0.39 is 24.5 Å². The smallest absolute Gasteiger partial charge is 0.397 e. The predicted octanol–water partition coefficient (Wildman–Crippen LogP) is 4.27. The molecule has 0 radical (unpaired) electrons. The third-order valence-corrected chi connectivity index (χ3v) is 4.47. The Morgan fingerprint density at radius 3 is 2.55 bits per heavy atom. The largest absolute Gasteiger partial charge is 0.494 e. The van der Waals surface area contributed by atoms with E-state index in [1.807, 2.05) is 19.1 Å². The fourth-order valence-electron chi connectivity index (χ4n) is 2.95. The summed E-state index contributed by atoms with van der Waals surface area (Å²) in [5, 5.41) is 6.53. The van der Waals surface area contributed by atoms with Crippen LogP contribution in [0.4, 0.5) is 13.2 Å². The maximum absolute atomic E-state index is 13.4. The highest BCUT2D eigenvalue weighted by Gasteiger charge is 2.40. The van der Waals surface area contributed by atoms with Gasteiger partial charge in [-0.1, -0.05) is 36.4 Å². The first-order valence-corrected chi connectivity index (χ1v) is 8.90. The van der Waals surface area contributed by atoms with Crippen LogP contribution in [-0.4, -0.2) is 35.5 Å². The van der Waals surface area contributed by atoms with Gasteiger partial charge in [-0.25, -0.2) is 4.68 Å². The topological polar surface area (TPSA) is 56.1 Å². The number of hydrogen-bond acceptors (Lipinski definition) is 3. The van der Waals surface area contributed by atoms with Crippen molar-refractivity contribution in [3.63, 3.8) is 0 Å². The highest BCUT2D eigenvalue weighted by molar-refractivity contribution is 5.92. The average Bonchev–Trinajstić information content (AvgIpc) is 3.18. The van der Waals surface area contributed by atoms with Crippen molar-refractivity contribution in [2.45, 2.75) is 19.0 Å². The molecule has 3 rings (SSSR count). The van der Waals surface area contributed by atoms with E-state index in [0.717, 1.165) is 5.56 Å². The van der Waals surface area contributed by atoms with Crippen LogP contribution in [0.3, 0.4) is 0 Å². The first kappa shape index (κ1) is 20.4. The number of methoxy groups -OCH3 is 1. The predicted molar refractivity (Wildman–Crippen MR) is 102 cm³/mol. The van der Waals surface area contributed by atoms with E-state index in [0.29, 0.717) is 11.4 Å². The summed E-state index contributed by atoms with van der Waals surface area (Å²) in [6, 6.07) is 14.4. The molecule has 8 heteroatoms. The van der Waals surface area contributed by atoms with Gasteiger partial charge in [0, 0.05) is 12.7 Å². The molecule has 5 nitrogen and oxygen atoms in total. The molecule has 1 atom stereocenters. The number of benzene rings is 2. The molecule has 1 aromatic heterocycles. The van der Waals surface area contributed by atoms with Gasteiger partial charge in [0.05, 0.1) is 13.0 Å². The first-order valence-electron chi connectivity index (χ1n) is 8.90. The number of rotatable bonds is 6. The van der Waals surface area contributed by atoms with Crippen LogP contribution in [-0.2, 0) is 0 Å². The number of alkyl halides is 3. The quantitative estimate of drug-likeness (QED) is 0.669. The van der Waals surface area contributed by atoms with E-state index in [1.54, 1.807) is 18.3 Å². The fourth-order valence-corrected chi connectivity index (χ4v) is 2.95. The molecule has 2 aromatic carbocycles. The second-order valence-electron chi connectivity index (χ2n) is 6.54. The monoisotopic (exact) mass is 403 g/mol. The van der Waals surface area contributed by atoms with Crippen molar-refractivity contribution >= 4 is 5.91 Å². The highest BCUT2D eigenvalue weighted by Crippen LogP contribution is 2.34. The molecular formula is C21H20F3N3O2.